The van der Waals surface area contributed by atoms with Crippen molar-refractivity contribution in [2.24, 2.45) is 4.99 Å². The van der Waals surface area contributed by atoms with Crippen LogP contribution in [-0.4, -0.2) is 6.34 Å². The van der Waals surface area contributed by atoms with Crippen LogP contribution < -0.4 is 5.32 Å². The summed E-state index contributed by atoms with van der Waals surface area (Å²) in [7, 11) is 0. The van der Waals surface area contributed by atoms with Gasteiger partial charge in [0.25, 0.3) is 0 Å². The van der Waals surface area contributed by atoms with Gasteiger partial charge in [-0.3, -0.25) is 4.99 Å². The Hall–Kier alpha value is -1.55. The summed E-state index contributed by atoms with van der Waals surface area (Å²) in [5.74, 6) is 0.910. The number of nitrogens with one attached hydrogen (secondary N) is 1. The fraction of sp³-hybridized carbons (Fsp3) is 0.250. The lowest BCUT2D eigenvalue weighted by Gasteiger charge is -2.16. The van der Waals surface area contributed by atoms with E-state index in [1.807, 2.05) is 6.07 Å². The second-order valence-electron chi connectivity index (χ2n) is 3.93. The molecule has 3 heterocycles. The van der Waals surface area contributed by atoms with Crippen LogP contribution in [0.2, 0.25) is 0 Å². The minimum atomic E-state index is 0.0185. The van der Waals surface area contributed by atoms with E-state index in [0.717, 1.165) is 11.4 Å². The smallest absolute Gasteiger partial charge is 0.157 e. The summed E-state index contributed by atoms with van der Waals surface area (Å²) < 4.78 is 5.52. The number of fused-ring (bicyclic) bond motifs is 1. The molecular weight excluding hydrogens is 220 g/mol. The Morgan fingerprint density at radius 1 is 1.44 bits per heavy atom. The Kier molecular flexibility index (Phi) is 2.11. The molecule has 1 N–H and O–H groups in total. The van der Waals surface area contributed by atoms with Crippen molar-refractivity contribution in [3.63, 3.8) is 0 Å². The molecule has 3 rings (SSSR count). The number of furan rings is 1. The van der Waals surface area contributed by atoms with Gasteiger partial charge in [-0.15, -0.1) is 11.3 Å². The zero-order chi connectivity index (χ0) is 11.1. The van der Waals surface area contributed by atoms with Gasteiger partial charge in [0.2, 0.25) is 0 Å². The highest BCUT2D eigenvalue weighted by Crippen LogP contribution is 2.39. The molecule has 1 atom stereocenters. The minimum absolute atomic E-state index is 0.0185. The van der Waals surface area contributed by atoms with Gasteiger partial charge in [0.15, 0.2) is 5.76 Å². The Morgan fingerprint density at radius 3 is 3.06 bits per heavy atom. The minimum Gasteiger partial charge on any atom is -0.464 e. The van der Waals surface area contributed by atoms with E-state index in [-0.39, 0.29) is 6.04 Å². The largest absolute Gasteiger partial charge is 0.464 e. The van der Waals surface area contributed by atoms with Gasteiger partial charge >= 0.3 is 0 Å². The third kappa shape index (κ3) is 1.30. The van der Waals surface area contributed by atoms with Crippen LogP contribution >= 0.6 is 11.3 Å². The lowest BCUT2D eigenvalue weighted by molar-refractivity contribution is 0.492. The van der Waals surface area contributed by atoms with E-state index in [2.05, 4.69) is 29.5 Å². The molecule has 82 valence electrons. The van der Waals surface area contributed by atoms with Crippen molar-refractivity contribution in [1.29, 1.82) is 0 Å². The van der Waals surface area contributed by atoms with Crippen molar-refractivity contribution in [2.45, 2.75) is 19.9 Å². The predicted octanol–water partition coefficient (Wildman–Crippen LogP) is 3.50. The van der Waals surface area contributed by atoms with Gasteiger partial charge in [-0.2, -0.15) is 0 Å². The molecular formula is C12H12N2OS. The maximum absolute atomic E-state index is 5.52. The molecule has 0 saturated heterocycles. The molecule has 0 bridgehead atoms. The lowest BCUT2D eigenvalue weighted by atomic mass is 10.1. The van der Waals surface area contributed by atoms with E-state index in [1.165, 1.54) is 16.0 Å². The van der Waals surface area contributed by atoms with Crippen molar-refractivity contribution >= 4 is 23.4 Å². The van der Waals surface area contributed by atoms with Crippen molar-refractivity contribution in [1.82, 2.24) is 0 Å². The zero-order valence-corrected chi connectivity index (χ0v) is 9.97. The molecule has 0 aliphatic carbocycles. The highest BCUT2D eigenvalue weighted by molar-refractivity contribution is 7.10. The van der Waals surface area contributed by atoms with Gasteiger partial charge < -0.3 is 9.73 Å². The molecule has 2 aromatic heterocycles. The number of nitrogens with zero attached hydrogens (tertiary/aromatic N) is 1. The van der Waals surface area contributed by atoms with Gasteiger partial charge in [0, 0.05) is 10.9 Å². The number of rotatable bonds is 1. The van der Waals surface area contributed by atoms with Crippen molar-refractivity contribution in [3.8, 4) is 0 Å². The molecule has 1 aliphatic rings. The molecule has 4 heteroatoms. The summed E-state index contributed by atoms with van der Waals surface area (Å²) in [6, 6.07) is 1.95. The Morgan fingerprint density at radius 2 is 2.31 bits per heavy atom. The number of hydrogen-bond acceptors (Lipinski definition) is 4. The lowest BCUT2D eigenvalue weighted by Crippen LogP contribution is -2.09. The van der Waals surface area contributed by atoms with E-state index < -0.39 is 0 Å². The fourth-order valence-corrected chi connectivity index (χ4v) is 3.00. The average Bonchev–Trinajstić information content (AvgIpc) is 2.87. The topological polar surface area (TPSA) is 37.5 Å². The first-order valence-corrected chi connectivity index (χ1v) is 6.05. The Labute approximate surface area is 97.8 Å². The van der Waals surface area contributed by atoms with Gasteiger partial charge in [-0.1, -0.05) is 0 Å². The predicted molar refractivity (Wildman–Crippen MR) is 66.5 cm³/mol. The number of anilines is 1. The molecule has 1 unspecified atom stereocenters. The number of hydrogen-bond donors (Lipinski definition) is 1. The van der Waals surface area contributed by atoms with Crippen LogP contribution in [0.4, 0.5) is 5.69 Å². The molecule has 0 amide bonds. The highest BCUT2D eigenvalue weighted by atomic mass is 32.1. The summed E-state index contributed by atoms with van der Waals surface area (Å²) in [6.45, 7) is 4.27. The zero-order valence-electron chi connectivity index (χ0n) is 9.15. The van der Waals surface area contributed by atoms with Gasteiger partial charge in [-0.25, -0.2) is 0 Å². The number of aliphatic imine (C=N–C) groups is 1. The SMILES string of the molecule is Cc1csc(C2N=CNc3ccoc32)c1C. The summed E-state index contributed by atoms with van der Waals surface area (Å²) in [5.41, 5.74) is 3.66. The van der Waals surface area contributed by atoms with Crippen LogP contribution in [0.3, 0.4) is 0 Å². The quantitative estimate of drug-likeness (QED) is 0.817. The Balaban J connectivity index is 2.11. The van der Waals surface area contributed by atoms with Crippen LogP contribution in [0, 0.1) is 13.8 Å². The van der Waals surface area contributed by atoms with Gasteiger partial charge in [0.1, 0.15) is 6.04 Å². The second kappa shape index (κ2) is 3.49. The van der Waals surface area contributed by atoms with Crippen LogP contribution in [0.25, 0.3) is 0 Å². The standard InChI is InChI=1S/C12H12N2OS/c1-7-5-16-12(8(7)2)10-11-9(3-4-15-11)13-6-14-10/h3-6,10H,1-2H3,(H,13,14). The van der Waals surface area contributed by atoms with Crippen molar-refractivity contribution in [2.75, 3.05) is 5.32 Å². The molecule has 16 heavy (non-hydrogen) atoms. The van der Waals surface area contributed by atoms with Crippen LogP contribution in [0.1, 0.15) is 27.8 Å². The fourth-order valence-electron chi connectivity index (χ4n) is 1.88. The second-order valence-corrected chi connectivity index (χ2v) is 4.84. The molecule has 0 radical (unpaired) electrons. The summed E-state index contributed by atoms with van der Waals surface area (Å²) in [6.07, 6.45) is 3.45. The summed E-state index contributed by atoms with van der Waals surface area (Å²) >= 11 is 1.75. The van der Waals surface area contributed by atoms with Crippen molar-refractivity contribution in [3.05, 3.63) is 39.5 Å². The Bertz CT molecular complexity index is 553. The van der Waals surface area contributed by atoms with Crippen molar-refractivity contribution < 1.29 is 4.42 Å². The summed E-state index contributed by atoms with van der Waals surface area (Å²) in [5, 5.41) is 5.26. The third-order valence-corrected chi connectivity index (χ3v) is 4.21. The number of thiophene rings is 1. The average molecular weight is 232 g/mol. The maximum Gasteiger partial charge on any atom is 0.157 e. The third-order valence-electron chi connectivity index (χ3n) is 2.96. The van der Waals surface area contributed by atoms with E-state index in [4.69, 9.17) is 4.42 Å². The first kappa shape index (κ1) is 9.66. The molecule has 3 nitrogen and oxygen atoms in total. The van der Waals surface area contributed by atoms with E-state index in [9.17, 15) is 0 Å². The van der Waals surface area contributed by atoms with E-state index in [0.29, 0.717) is 0 Å². The van der Waals surface area contributed by atoms with E-state index in [1.54, 1.807) is 23.9 Å². The van der Waals surface area contributed by atoms with Crippen LogP contribution in [0.5, 0.6) is 0 Å². The molecule has 0 saturated carbocycles. The molecule has 0 spiro atoms. The highest BCUT2D eigenvalue weighted by Gasteiger charge is 2.25. The maximum atomic E-state index is 5.52. The molecule has 0 aromatic carbocycles. The monoisotopic (exact) mass is 232 g/mol. The molecule has 2 aromatic rings. The molecule has 1 aliphatic heterocycles. The summed E-state index contributed by atoms with van der Waals surface area (Å²) in [4.78, 5) is 5.74. The van der Waals surface area contributed by atoms with Gasteiger partial charge in [-0.05, 0) is 30.4 Å². The molecule has 0 fully saturated rings. The normalized spacial score (nSPS) is 18.2. The first-order chi connectivity index (χ1) is 7.77. The first-order valence-electron chi connectivity index (χ1n) is 5.17. The van der Waals surface area contributed by atoms with Crippen LogP contribution in [-0.2, 0) is 0 Å². The van der Waals surface area contributed by atoms with E-state index >= 15 is 0 Å². The van der Waals surface area contributed by atoms with Gasteiger partial charge in [0.05, 0.1) is 18.3 Å². The van der Waals surface area contributed by atoms with Crippen LogP contribution in [0.15, 0.2) is 27.1 Å². The number of aryl methyl sites for hydroxylation is 1.